The maximum absolute atomic E-state index is 5.75. The molecule has 0 spiro atoms. The summed E-state index contributed by atoms with van der Waals surface area (Å²) in [7, 11) is 2.19. The fourth-order valence-corrected chi connectivity index (χ4v) is 3.08. The third-order valence-corrected chi connectivity index (χ3v) is 4.53. The second-order valence-corrected chi connectivity index (χ2v) is 6.52. The van der Waals surface area contributed by atoms with E-state index >= 15 is 0 Å². The molecule has 0 radical (unpaired) electrons. The van der Waals surface area contributed by atoms with Gasteiger partial charge in [-0.3, -0.25) is 4.90 Å². The Labute approximate surface area is 132 Å². The lowest BCUT2D eigenvalue weighted by Crippen LogP contribution is -2.52. The monoisotopic (exact) mass is 302 g/mol. The van der Waals surface area contributed by atoms with Gasteiger partial charge < -0.3 is 14.6 Å². The molecule has 0 bridgehead atoms. The van der Waals surface area contributed by atoms with Crippen molar-refractivity contribution in [3.05, 3.63) is 24.3 Å². The normalized spacial score (nSPS) is 18.9. The summed E-state index contributed by atoms with van der Waals surface area (Å²) in [5.74, 6) is 0.597. The Balaban J connectivity index is 1.63. The third kappa shape index (κ3) is 3.42. The van der Waals surface area contributed by atoms with Crippen LogP contribution in [0.15, 0.2) is 28.7 Å². The Kier molecular flexibility index (Phi) is 4.64. The number of likely N-dealkylation sites (N-methyl/N-ethyl adjacent to an activating group) is 1. The lowest BCUT2D eigenvalue weighted by molar-refractivity contribution is 0.0942. The Morgan fingerprint density at radius 2 is 1.91 bits per heavy atom. The third-order valence-electron chi connectivity index (χ3n) is 4.53. The molecule has 1 fully saturated rings. The van der Waals surface area contributed by atoms with E-state index in [2.05, 4.69) is 41.0 Å². The van der Waals surface area contributed by atoms with E-state index in [1.807, 2.05) is 24.3 Å². The number of fused-ring (bicyclic) bond motifs is 1. The van der Waals surface area contributed by atoms with Crippen molar-refractivity contribution in [2.45, 2.75) is 19.9 Å². The van der Waals surface area contributed by atoms with E-state index in [0.29, 0.717) is 18.0 Å². The molecule has 1 aromatic heterocycles. The Morgan fingerprint density at radius 3 is 2.59 bits per heavy atom. The number of nitrogens with one attached hydrogen (secondary N) is 1. The second kappa shape index (κ2) is 6.67. The average Bonchev–Trinajstić information content (AvgIpc) is 2.91. The van der Waals surface area contributed by atoms with Crippen LogP contribution in [0.3, 0.4) is 0 Å². The van der Waals surface area contributed by atoms with Gasteiger partial charge in [0.25, 0.3) is 6.01 Å². The molecule has 22 heavy (non-hydrogen) atoms. The molecule has 120 valence electrons. The van der Waals surface area contributed by atoms with E-state index in [9.17, 15) is 0 Å². The van der Waals surface area contributed by atoms with Gasteiger partial charge in [-0.15, -0.1) is 0 Å². The first-order valence-electron chi connectivity index (χ1n) is 8.15. The summed E-state index contributed by atoms with van der Waals surface area (Å²) in [5.41, 5.74) is 1.75. The minimum Gasteiger partial charge on any atom is -0.424 e. The standard InChI is InChI=1S/C17H26N4O/c1-13(2)15(21-10-8-20(3)9-11-21)12-18-17-19-14-6-4-5-7-16(14)22-17/h4-7,13,15H,8-12H2,1-3H3,(H,18,19)/t15-/m1/s1. The van der Waals surface area contributed by atoms with Gasteiger partial charge in [0, 0.05) is 38.8 Å². The Hall–Kier alpha value is -1.59. The molecule has 1 aliphatic heterocycles. The van der Waals surface area contributed by atoms with Crippen LogP contribution in [-0.4, -0.2) is 60.6 Å². The van der Waals surface area contributed by atoms with E-state index in [1.54, 1.807) is 0 Å². The lowest BCUT2D eigenvalue weighted by atomic mass is 10.0. The fraction of sp³-hybridized carbons (Fsp3) is 0.588. The van der Waals surface area contributed by atoms with Gasteiger partial charge in [0.1, 0.15) is 5.52 Å². The molecular weight excluding hydrogens is 276 g/mol. The van der Waals surface area contributed by atoms with Gasteiger partial charge in [-0.25, -0.2) is 0 Å². The quantitative estimate of drug-likeness (QED) is 0.919. The molecule has 5 nitrogen and oxygen atoms in total. The number of aromatic nitrogens is 1. The molecule has 1 saturated heterocycles. The number of para-hydroxylation sites is 2. The predicted octanol–water partition coefficient (Wildman–Crippen LogP) is 2.51. The number of anilines is 1. The van der Waals surface area contributed by atoms with E-state index in [1.165, 1.54) is 0 Å². The van der Waals surface area contributed by atoms with Crippen LogP contribution in [-0.2, 0) is 0 Å². The van der Waals surface area contributed by atoms with Crippen molar-refractivity contribution < 1.29 is 4.42 Å². The van der Waals surface area contributed by atoms with Gasteiger partial charge in [0.15, 0.2) is 5.58 Å². The predicted molar refractivity (Wildman–Crippen MR) is 90.2 cm³/mol. The summed E-state index contributed by atoms with van der Waals surface area (Å²) in [6, 6.07) is 9.01. The SMILES string of the molecule is CC(C)[C@@H](CNc1nc2ccccc2o1)N1CCN(C)CC1. The van der Waals surface area contributed by atoms with Gasteiger partial charge in [-0.2, -0.15) is 4.98 Å². The smallest absolute Gasteiger partial charge is 0.295 e. The zero-order valence-electron chi connectivity index (χ0n) is 13.7. The summed E-state index contributed by atoms with van der Waals surface area (Å²) in [6.07, 6.45) is 0. The maximum atomic E-state index is 5.75. The summed E-state index contributed by atoms with van der Waals surface area (Å²) in [6.45, 7) is 10.0. The number of rotatable bonds is 5. The van der Waals surface area contributed by atoms with E-state index in [0.717, 1.165) is 43.8 Å². The van der Waals surface area contributed by atoms with Crippen LogP contribution in [0.4, 0.5) is 6.01 Å². The summed E-state index contributed by atoms with van der Waals surface area (Å²) in [5, 5.41) is 3.39. The lowest BCUT2D eigenvalue weighted by Gasteiger charge is -2.39. The Morgan fingerprint density at radius 1 is 1.18 bits per heavy atom. The molecule has 2 aromatic rings. The molecule has 1 aromatic carbocycles. The van der Waals surface area contributed by atoms with Crippen molar-refractivity contribution in [1.82, 2.24) is 14.8 Å². The van der Waals surface area contributed by atoms with Gasteiger partial charge in [-0.05, 0) is 25.1 Å². The minimum absolute atomic E-state index is 0.503. The van der Waals surface area contributed by atoms with Crippen LogP contribution < -0.4 is 5.32 Å². The Bertz CT molecular complexity index is 568. The van der Waals surface area contributed by atoms with Crippen LogP contribution in [0.1, 0.15) is 13.8 Å². The number of nitrogens with zero attached hydrogens (tertiary/aromatic N) is 3. The molecule has 0 unspecified atom stereocenters. The number of hydrogen-bond acceptors (Lipinski definition) is 5. The summed E-state index contributed by atoms with van der Waals surface area (Å²) in [4.78, 5) is 9.47. The van der Waals surface area contributed by atoms with Crippen molar-refractivity contribution in [1.29, 1.82) is 0 Å². The van der Waals surface area contributed by atoms with Gasteiger partial charge in [0.05, 0.1) is 0 Å². The molecule has 1 N–H and O–H groups in total. The van der Waals surface area contributed by atoms with Crippen LogP contribution in [0.5, 0.6) is 0 Å². The highest BCUT2D eigenvalue weighted by Crippen LogP contribution is 2.19. The van der Waals surface area contributed by atoms with E-state index in [-0.39, 0.29) is 0 Å². The molecular formula is C17H26N4O. The number of oxazole rings is 1. The molecule has 3 rings (SSSR count). The molecule has 1 aliphatic rings. The average molecular weight is 302 g/mol. The van der Waals surface area contributed by atoms with Crippen LogP contribution >= 0.6 is 0 Å². The van der Waals surface area contributed by atoms with Crippen LogP contribution in [0.25, 0.3) is 11.1 Å². The number of piperazine rings is 1. The largest absolute Gasteiger partial charge is 0.424 e. The fourth-order valence-electron chi connectivity index (χ4n) is 3.08. The van der Waals surface area contributed by atoms with Crippen molar-refractivity contribution in [3.63, 3.8) is 0 Å². The molecule has 5 heteroatoms. The highest BCUT2D eigenvalue weighted by molar-refractivity contribution is 5.74. The van der Waals surface area contributed by atoms with Crippen molar-refractivity contribution in [3.8, 4) is 0 Å². The minimum atomic E-state index is 0.503. The maximum Gasteiger partial charge on any atom is 0.295 e. The van der Waals surface area contributed by atoms with Crippen LogP contribution in [0, 0.1) is 5.92 Å². The van der Waals surface area contributed by atoms with E-state index in [4.69, 9.17) is 4.42 Å². The van der Waals surface area contributed by atoms with Gasteiger partial charge in [0.2, 0.25) is 0 Å². The molecule has 2 heterocycles. The van der Waals surface area contributed by atoms with Gasteiger partial charge in [-0.1, -0.05) is 26.0 Å². The first-order valence-corrected chi connectivity index (χ1v) is 8.15. The van der Waals surface area contributed by atoms with Gasteiger partial charge >= 0.3 is 0 Å². The first kappa shape index (κ1) is 15.3. The van der Waals surface area contributed by atoms with E-state index < -0.39 is 0 Å². The molecule has 1 atom stereocenters. The van der Waals surface area contributed by atoms with Crippen molar-refractivity contribution in [2.24, 2.45) is 5.92 Å². The first-order chi connectivity index (χ1) is 10.6. The zero-order chi connectivity index (χ0) is 15.5. The molecule has 0 aliphatic carbocycles. The topological polar surface area (TPSA) is 44.5 Å². The second-order valence-electron chi connectivity index (χ2n) is 6.52. The number of benzene rings is 1. The molecule has 0 amide bonds. The zero-order valence-corrected chi connectivity index (χ0v) is 13.7. The highest BCUT2D eigenvalue weighted by Gasteiger charge is 2.25. The summed E-state index contributed by atoms with van der Waals surface area (Å²) < 4.78 is 5.75. The van der Waals surface area contributed by atoms with Crippen molar-refractivity contribution >= 4 is 17.1 Å². The highest BCUT2D eigenvalue weighted by atomic mass is 16.4. The summed E-state index contributed by atoms with van der Waals surface area (Å²) >= 11 is 0. The molecule has 0 saturated carbocycles. The van der Waals surface area contributed by atoms with Crippen molar-refractivity contribution in [2.75, 3.05) is 45.1 Å². The van der Waals surface area contributed by atoms with Crippen LogP contribution in [0.2, 0.25) is 0 Å². The number of hydrogen-bond donors (Lipinski definition) is 1.